The molecular weight excluding hydrogens is 380 g/mol. The lowest BCUT2D eigenvalue weighted by Gasteiger charge is -2.38. The van der Waals surface area contributed by atoms with Crippen molar-refractivity contribution in [1.82, 2.24) is 4.90 Å². The number of benzene rings is 2. The molecule has 2 aromatic rings. The van der Waals surface area contributed by atoms with E-state index in [-0.39, 0.29) is 5.96 Å². The second kappa shape index (κ2) is 8.94. The Morgan fingerprint density at radius 3 is 2.57 bits per heavy atom. The number of nitrogens with one attached hydrogen (secondary N) is 1. The standard InChI is InChI=1S/C22H28N6O2/c1-3-30-18-11-9-16(10-12-18)24-21-25-20(23)26-22(27-13-4-5-14-27)28(21)17-7-6-8-19(15-17)29-2/h6-12,15,21,24H,3-5,13-14H2,1-2H3,(H2,23,25). The molecule has 8 heteroatoms. The minimum absolute atomic E-state index is 0.263. The van der Waals surface area contributed by atoms with Crippen LogP contribution in [0.15, 0.2) is 58.5 Å². The smallest absolute Gasteiger partial charge is 0.222 e. The van der Waals surface area contributed by atoms with Gasteiger partial charge < -0.3 is 25.4 Å². The predicted octanol–water partition coefficient (Wildman–Crippen LogP) is 3.08. The fourth-order valence-corrected chi connectivity index (χ4v) is 3.69. The highest BCUT2D eigenvalue weighted by atomic mass is 16.5. The van der Waals surface area contributed by atoms with Crippen molar-refractivity contribution >= 4 is 23.3 Å². The first-order valence-corrected chi connectivity index (χ1v) is 10.3. The summed E-state index contributed by atoms with van der Waals surface area (Å²) in [4.78, 5) is 13.5. The zero-order valence-electron chi connectivity index (χ0n) is 17.4. The van der Waals surface area contributed by atoms with Crippen LogP contribution in [0.4, 0.5) is 11.4 Å². The average molecular weight is 409 g/mol. The van der Waals surface area contributed by atoms with Crippen molar-refractivity contribution in [3.8, 4) is 11.5 Å². The number of anilines is 2. The maximum atomic E-state index is 6.12. The summed E-state index contributed by atoms with van der Waals surface area (Å²) >= 11 is 0. The highest BCUT2D eigenvalue weighted by Crippen LogP contribution is 2.28. The molecule has 1 fully saturated rings. The molecule has 0 saturated carbocycles. The van der Waals surface area contributed by atoms with Crippen molar-refractivity contribution in [2.75, 3.05) is 37.0 Å². The van der Waals surface area contributed by atoms with Gasteiger partial charge in [0.15, 0.2) is 0 Å². The average Bonchev–Trinajstić information content (AvgIpc) is 3.30. The van der Waals surface area contributed by atoms with E-state index in [0.29, 0.717) is 6.61 Å². The number of aliphatic imine (C=N–C) groups is 2. The van der Waals surface area contributed by atoms with Crippen LogP contribution < -0.4 is 25.4 Å². The van der Waals surface area contributed by atoms with E-state index in [1.165, 1.54) is 0 Å². The quantitative estimate of drug-likeness (QED) is 0.764. The van der Waals surface area contributed by atoms with E-state index < -0.39 is 6.29 Å². The molecular formula is C22H28N6O2. The van der Waals surface area contributed by atoms with Crippen molar-refractivity contribution in [1.29, 1.82) is 0 Å². The number of hydrogen-bond donors (Lipinski definition) is 2. The van der Waals surface area contributed by atoms with Gasteiger partial charge in [0.25, 0.3) is 0 Å². The molecule has 0 bridgehead atoms. The molecule has 4 rings (SSSR count). The van der Waals surface area contributed by atoms with E-state index in [0.717, 1.165) is 54.8 Å². The van der Waals surface area contributed by atoms with E-state index in [1.54, 1.807) is 7.11 Å². The van der Waals surface area contributed by atoms with Gasteiger partial charge >= 0.3 is 0 Å². The fourth-order valence-electron chi connectivity index (χ4n) is 3.69. The van der Waals surface area contributed by atoms with Crippen molar-refractivity contribution in [3.63, 3.8) is 0 Å². The Morgan fingerprint density at radius 2 is 1.87 bits per heavy atom. The lowest BCUT2D eigenvalue weighted by Crippen LogP contribution is -2.54. The molecule has 0 aliphatic carbocycles. The molecule has 1 atom stereocenters. The Bertz CT molecular complexity index is 921. The Kier molecular flexibility index (Phi) is 5.92. The summed E-state index contributed by atoms with van der Waals surface area (Å²) in [6.07, 6.45) is 1.83. The van der Waals surface area contributed by atoms with Crippen LogP contribution in [0.25, 0.3) is 0 Å². The topological polar surface area (TPSA) is 87.7 Å². The molecule has 1 unspecified atom stereocenters. The van der Waals surface area contributed by atoms with Crippen molar-refractivity contribution < 1.29 is 9.47 Å². The van der Waals surface area contributed by atoms with Crippen LogP contribution in [0.2, 0.25) is 0 Å². The third kappa shape index (κ3) is 4.27. The first-order valence-electron chi connectivity index (χ1n) is 10.3. The molecule has 0 amide bonds. The lowest BCUT2D eigenvalue weighted by molar-refractivity contribution is 0.340. The maximum absolute atomic E-state index is 6.12. The van der Waals surface area contributed by atoms with Crippen molar-refractivity contribution in [3.05, 3.63) is 48.5 Å². The summed E-state index contributed by atoms with van der Waals surface area (Å²) in [6.45, 7) is 4.50. The Morgan fingerprint density at radius 1 is 1.10 bits per heavy atom. The lowest BCUT2D eigenvalue weighted by atomic mass is 10.2. The molecule has 30 heavy (non-hydrogen) atoms. The van der Waals surface area contributed by atoms with Gasteiger partial charge in [-0.25, -0.2) is 4.99 Å². The highest BCUT2D eigenvalue weighted by molar-refractivity contribution is 6.06. The molecule has 2 heterocycles. The minimum Gasteiger partial charge on any atom is -0.497 e. The second-order valence-electron chi connectivity index (χ2n) is 7.14. The third-order valence-electron chi connectivity index (χ3n) is 5.11. The number of nitrogens with zero attached hydrogens (tertiary/aromatic N) is 4. The summed E-state index contributed by atoms with van der Waals surface area (Å²) in [6, 6.07) is 15.7. The zero-order valence-corrected chi connectivity index (χ0v) is 17.4. The normalized spacial score (nSPS) is 18.7. The minimum atomic E-state index is -0.442. The van der Waals surface area contributed by atoms with Gasteiger partial charge in [-0.3, -0.25) is 4.90 Å². The number of ether oxygens (including phenoxy) is 2. The van der Waals surface area contributed by atoms with Crippen molar-refractivity contribution in [2.45, 2.75) is 26.1 Å². The van der Waals surface area contributed by atoms with Gasteiger partial charge in [0, 0.05) is 24.8 Å². The highest BCUT2D eigenvalue weighted by Gasteiger charge is 2.32. The summed E-state index contributed by atoms with van der Waals surface area (Å²) in [7, 11) is 1.66. The first kappa shape index (κ1) is 19.9. The van der Waals surface area contributed by atoms with Gasteiger partial charge in [-0.1, -0.05) is 6.07 Å². The molecule has 2 aliphatic rings. The van der Waals surface area contributed by atoms with Crippen molar-refractivity contribution in [2.24, 2.45) is 15.7 Å². The van der Waals surface area contributed by atoms with Crippen LogP contribution in [0.3, 0.4) is 0 Å². The van der Waals surface area contributed by atoms with Gasteiger partial charge in [0.1, 0.15) is 11.5 Å². The van der Waals surface area contributed by atoms with E-state index >= 15 is 0 Å². The van der Waals surface area contributed by atoms with Crippen LogP contribution in [0.5, 0.6) is 11.5 Å². The molecule has 3 N–H and O–H groups in total. The predicted molar refractivity (Wildman–Crippen MR) is 120 cm³/mol. The Hall–Kier alpha value is -3.42. The number of methoxy groups -OCH3 is 1. The maximum Gasteiger partial charge on any atom is 0.222 e. The van der Waals surface area contributed by atoms with Crippen LogP contribution in [-0.2, 0) is 0 Å². The van der Waals surface area contributed by atoms with Gasteiger partial charge in [0.2, 0.25) is 18.2 Å². The van der Waals surface area contributed by atoms with Crippen LogP contribution in [-0.4, -0.2) is 49.9 Å². The number of likely N-dealkylation sites (tertiary alicyclic amines) is 1. The van der Waals surface area contributed by atoms with E-state index in [4.69, 9.17) is 15.2 Å². The fraction of sp³-hybridized carbons (Fsp3) is 0.364. The monoisotopic (exact) mass is 408 g/mol. The third-order valence-corrected chi connectivity index (χ3v) is 5.11. The molecule has 8 nitrogen and oxygen atoms in total. The van der Waals surface area contributed by atoms with Crippen LogP contribution in [0, 0.1) is 0 Å². The van der Waals surface area contributed by atoms with Gasteiger partial charge in [-0.2, -0.15) is 4.99 Å². The molecule has 0 aromatic heterocycles. The van der Waals surface area contributed by atoms with E-state index in [2.05, 4.69) is 25.1 Å². The van der Waals surface area contributed by atoms with Crippen LogP contribution >= 0.6 is 0 Å². The largest absolute Gasteiger partial charge is 0.497 e. The Labute approximate surface area is 177 Å². The van der Waals surface area contributed by atoms with Crippen LogP contribution in [0.1, 0.15) is 19.8 Å². The molecule has 0 spiro atoms. The Balaban J connectivity index is 1.67. The molecule has 2 aromatic carbocycles. The second-order valence-corrected chi connectivity index (χ2v) is 7.14. The SMILES string of the molecule is CCOc1ccc(NC2N=C(N)N=C(N3CCCC3)N2c2cccc(OC)c2)cc1. The number of rotatable bonds is 6. The summed E-state index contributed by atoms with van der Waals surface area (Å²) in [5, 5.41) is 3.47. The summed E-state index contributed by atoms with van der Waals surface area (Å²) in [5.74, 6) is 2.67. The summed E-state index contributed by atoms with van der Waals surface area (Å²) in [5.41, 5.74) is 7.96. The number of guanidine groups is 2. The van der Waals surface area contributed by atoms with E-state index in [9.17, 15) is 0 Å². The molecule has 1 saturated heterocycles. The van der Waals surface area contributed by atoms with E-state index in [1.807, 2.05) is 55.5 Å². The van der Waals surface area contributed by atoms with Gasteiger partial charge in [-0.05, 0) is 56.2 Å². The number of nitrogens with two attached hydrogens (primary N) is 1. The molecule has 0 radical (unpaired) electrons. The number of hydrogen-bond acceptors (Lipinski definition) is 8. The molecule has 2 aliphatic heterocycles. The first-order chi connectivity index (χ1) is 14.7. The summed E-state index contributed by atoms with van der Waals surface area (Å²) < 4.78 is 11.0. The zero-order chi connectivity index (χ0) is 20.9. The van der Waals surface area contributed by atoms with Gasteiger partial charge in [0.05, 0.1) is 19.4 Å². The van der Waals surface area contributed by atoms with Gasteiger partial charge in [-0.15, -0.1) is 0 Å². The molecule has 158 valence electrons.